The van der Waals surface area contributed by atoms with E-state index in [1.165, 1.54) is 0 Å². The first-order chi connectivity index (χ1) is 16.0. The van der Waals surface area contributed by atoms with E-state index in [-0.39, 0.29) is 18.2 Å². The molecule has 0 radical (unpaired) electrons. The van der Waals surface area contributed by atoms with Crippen LogP contribution in [-0.2, 0) is 4.79 Å². The van der Waals surface area contributed by atoms with Gasteiger partial charge in [0.1, 0.15) is 0 Å². The summed E-state index contributed by atoms with van der Waals surface area (Å²) in [6.07, 6.45) is 3.45. The second-order valence-corrected chi connectivity index (χ2v) is 8.48. The number of rotatable bonds is 10. The van der Waals surface area contributed by atoms with Crippen molar-refractivity contribution in [1.82, 2.24) is 10.6 Å². The van der Waals surface area contributed by atoms with E-state index in [4.69, 9.17) is 0 Å². The fraction of sp³-hybridized carbons (Fsp3) is 0.357. The van der Waals surface area contributed by atoms with Gasteiger partial charge >= 0.3 is 0 Å². The molecule has 3 aromatic rings. The molecule has 0 aromatic heterocycles. The van der Waals surface area contributed by atoms with Gasteiger partial charge in [-0.05, 0) is 47.4 Å². The van der Waals surface area contributed by atoms with E-state index in [1.807, 2.05) is 66.7 Å². The van der Waals surface area contributed by atoms with Crippen LogP contribution in [-0.4, -0.2) is 32.0 Å². The molecule has 5 heteroatoms. The molecule has 0 heterocycles. The lowest BCUT2D eigenvalue weighted by atomic mass is 9.96. The summed E-state index contributed by atoms with van der Waals surface area (Å²) in [5.41, 5.74) is 2.55. The van der Waals surface area contributed by atoms with E-state index in [0.29, 0.717) is 11.6 Å². The average molecular weight is 446 g/mol. The lowest BCUT2D eigenvalue weighted by molar-refractivity contribution is -0.121. The number of nitrogens with zero attached hydrogens (tertiary/aromatic N) is 1. The molecular weight excluding hydrogens is 410 g/mol. The summed E-state index contributed by atoms with van der Waals surface area (Å²) in [4.78, 5) is 27.9. The zero-order valence-corrected chi connectivity index (χ0v) is 20.1. The quantitative estimate of drug-likeness (QED) is 0.435. The van der Waals surface area contributed by atoms with Gasteiger partial charge in [0.05, 0.1) is 12.5 Å². The van der Waals surface area contributed by atoms with Crippen molar-refractivity contribution in [3.05, 3.63) is 77.9 Å². The maximum Gasteiger partial charge on any atom is 0.251 e. The van der Waals surface area contributed by atoms with Gasteiger partial charge in [0, 0.05) is 31.4 Å². The third kappa shape index (κ3) is 5.92. The molecule has 0 saturated heterocycles. The molecular formula is C28H35N3O2. The van der Waals surface area contributed by atoms with E-state index in [0.717, 1.165) is 41.3 Å². The molecule has 2 N–H and O–H groups in total. The number of nitrogens with one attached hydrogen (secondary N) is 2. The highest BCUT2D eigenvalue weighted by atomic mass is 16.2. The summed E-state index contributed by atoms with van der Waals surface area (Å²) in [7, 11) is 3.70. The minimum absolute atomic E-state index is 0.118. The summed E-state index contributed by atoms with van der Waals surface area (Å²) in [6, 6.07) is 21.8. The third-order valence-electron chi connectivity index (χ3n) is 6.33. The number of fused-ring (bicyclic) bond motifs is 1. The summed E-state index contributed by atoms with van der Waals surface area (Å²) < 4.78 is 0. The van der Waals surface area contributed by atoms with Gasteiger partial charge in [0.2, 0.25) is 5.91 Å². The van der Waals surface area contributed by atoms with Gasteiger partial charge in [-0.25, -0.2) is 0 Å². The number of carbonyl (C=O) groups is 2. The van der Waals surface area contributed by atoms with Gasteiger partial charge in [0.15, 0.2) is 0 Å². The summed E-state index contributed by atoms with van der Waals surface area (Å²) in [6.45, 7) is 4.39. The number of amides is 2. The second kappa shape index (κ2) is 11.5. The first-order valence-corrected chi connectivity index (χ1v) is 11.8. The number of hydrogen-bond acceptors (Lipinski definition) is 3. The molecule has 2 unspecified atom stereocenters. The van der Waals surface area contributed by atoms with Crippen LogP contribution in [0.5, 0.6) is 0 Å². The van der Waals surface area contributed by atoms with Crippen LogP contribution in [0.25, 0.3) is 10.8 Å². The van der Waals surface area contributed by atoms with Gasteiger partial charge in [-0.2, -0.15) is 0 Å². The monoisotopic (exact) mass is 445 g/mol. The van der Waals surface area contributed by atoms with Crippen molar-refractivity contribution >= 4 is 28.3 Å². The van der Waals surface area contributed by atoms with E-state index in [9.17, 15) is 9.59 Å². The highest BCUT2D eigenvalue weighted by Gasteiger charge is 2.21. The van der Waals surface area contributed by atoms with Gasteiger partial charge in [-0.15, -0.1) is 0 Å². The lowest BCUT2D eigenvalue weighted by Crippen LogP contribution is -2.33. The van der Waals surface area contributed by atoms with E-state index in [2.05, 4.69) is 36.4 Å². The molecule has 2 atom stereocenters. The third-order valence-corrected chi connectivity index (χ3v) is 6.33. The Kier molecular flexibility index (Phi) is 8.47. The van der Waals surface area contributed by atoms with Crippen molar-refractivity contribution in [2.75, 3.05) is 19.0 Å². The van der Waals surface area contributed by atoms with Crippen LogP contribution in [0.4, 0.5) is 5.69 Å². The van der Waals surface area contributed by atoms with Crippen LogP contribution in [0.3, 0.4) is 0 Å². The summed E-state index contributed by atoms with van der Waals surface area (Å²) in [5, 5.41) is 7.92. The fourth-order valence-electron chi connectivity index (χ4n) is 4.40. The fourth-order valence-corrected chi connectivity index (χ4v) is 4.40. The van der Waals surface area contributed by atoms with E-state index in [1.54, 1.807) is 7.05 Å². The molecule has 0 aliphatic carbocycles. The molecule has 5 nitrogen and oxygen atoms in total. The van der Waals surface area contributed by atoms with Gasteiger partial charge < -0.3 is 15.5 Å². The standard InChI is InChI=1S/C28H35N3O2/c1-5-11-22(6-2)31(4)23-15-9-14-21(18-23)28(33)30-26(19-27(32)29-3)25-17-10-13-20-12-7-8-16-24(20)25/h7-10,12-18,22,26H,5-6,11,19H2,1-4H3,(H,29,32)(H,30,33). The summed E-state index contributed by atoms with van der Waals surface area (Å²) >= 11 is 0. The Morgan fingerprint density at radius 1 is 0.970 bits per heavy atom. The van der Waals surface area contributed by atoms with Crippen molar-refractivity contribution < 1.29 is 9.59 Å². The van der Waals surface area contributed by atoms with E-state index >= 15 is 0 Å². The van der Waals surface area contributed by atoms with Crippen molar-refractivity contribution in [1.29, 1.82) is 0 Å². The van der Waals surface area contributed by atoms with Crippen LogP contribution < -0.4 is 15.5 Å². The number of hydrogen-bond donors (Lipinski definition) is 2. The average Bonchev–Trinajstić information content (AvgIpc) is 2.86. The first kappa shape index (κ1) is 24.3. The van der Waals surface area contributed by atoms with Crippen molar-refractivity contribution in [3.8, 4) is 0 Å². The molecule has 3 aromatic carbocycles. The van der Waals surface area contributed by atoms with Crippen LogP contribution in [0.2, 0.25) is 0 Å². The van der Waals surface area contributed by atoms with Crippen LogP contribution >= 0.6 is 0 Å². The predicted molar refractivity (Wildman–Crippen MR) is 137 cm³/mol. The molecule has 0 spiro atoms. The molecule has 0 saturated carbocycles. The molecule has 2 amide bonds. The van der Waals surface area contributed by atoms with Crippen molar-refractivity contribution in [3.63, 3.8) is 0 Å². The minimum atomic E-state index is -0.437. The SMILES string of the molecule is CCCC(CC)N(C)c1cccc(C(=O)NC(CC(=O)NC)c2cccc3ccccc23)c1. The molecule has 3 rings (SSSR count). The number of anilines is 1. The normalized spacial score (nSPS) is 12.7. The van der Waals surface area contributed by atoms with Gasteiger partial charge in [-0.3, -0.25) is 9.59 Å². The Hall–Kier alpha value is -3.34. The topological polar surface area (TPSA) is 61.4 Å². The highest BCUT2D eigenvalue weighted by molar-refractivity contribution is 5.96. The zero-order valence-electron chi connectivity index (χ0n) is 20.1. The Balaban J connectivity index is 1.89. The van der Waals surface area contributed by atoms with Crippen molar-refractivity contribution in [2.45, 2.75) is 51.6 Å². The molecule has 0 fully saturated rings. The summed E-state index contributed by atoms with van der Waals surface area (Å²) in [5.74, 6) is -0.303. The first-order valence-electron chi connectivity index (χ1n) is 11.8. The molecule has 0 aliphatic rings. The van der Waals surface area contributed by atoms with E-state index < -0.39 is 6.04 Å². The Bertz CT molecular complexity index is 1090. The Labute approximate surface area is 197 Å². The Morgan fingerprint density at radius 3 is 2.42 bits per heavy atom. The smallest absolute Gasteiger partial charge is 0.251 e. The molecule has 0 aliphatic heterocycles. The highest BCUT2D eigenvalue weighted by Crippen LogP contribution is 2.27. The maximum absolute atomic E-state index is 13.3. The zero-order chi connectivity index (χ0) is 23.8. The second-order valence-electron chi connectivity index (χ2n) is 8.48. The number of carbonyl (C=O) groups excluding carboxylic acids is 2. The molecule has 33 heavy (non-hydrogen) atoms. The molecule has 0 bridgehead atoms. The van der Waals surface area contributed by atoms with Crippen LogP contribution in [0.15, 0.2) is 66.7 Å². The predicted octanol–water partition coefficient (Wildman–Crippen LogP) is 5.46. The maximum atomic E-state index is 13.3. The number of benzene rings is 3. The molecule has 174 valence electrons. The largest absolute Gasteiger partial charge is 0.372 e. The van der Waals surface area contributed by atoms with Gasteiger partial charge in [0.25, 0.3) is 5.91 Å². The minimum Gasteiger partial charge on any atom is -0.372 e. The van der Waals surface area contributed by atoms with Crippen molar-refractivity contribution in [2.24, 2.45) is 0 Å². The Morgan fingerprint density at radius 2 is 1.70 bits per heavy atom. The van der Waals surface area contributed by atoms with Crippen LogP contribution in [0.1, 0.15) is 61.5 Å². The lowest BCUT2D eigenvalue weighted by Gasteiger charge is -2.29. The van der Waals surface area contributed by atoms with Gasteiger partial charge in [-0.1, -0.05) is 68.8 Å². The van der Waals surface area contributed by atoms with Crippen LogP contribution in [0, 0.1) is 0 Å².